The average Bonchev–Trinajstić information content (AvgIpc) is 3.35. The molecule has 2 fully saturated rings. The third-order valence-electron chi connectivity index (χ3n) is 5.39. The Labute approximate surface area is 155 Å². The summed E-state index contributed by atoms with van der Waals surface area (Å²) in [6.07, 6.45) is 8.79. The van der Waals surface area contributed by atoms with E-state index in [1.54, 1.807) is 0 Å². The van der Waals surface area contributed by atoms with Crippen molar-refractivity contribution in [1.29, 1.82) is 0 Å². The van der Waals surface area contributed by atoms with Gasteiger partial charge in [0, 0.05) is 37.9 Å². The van der Waals surface area contributed by atoms with E-state index in [-0.39, 0.29) is 12.5 Å². The average molecular weight is 353 g/mol. The molecule has 5 heteroatoms. The van der Waals surface area contributed by atoms with Crippen molar-refractivity contribution in [3.8, 4) is 5.75 Å². The van der Waals surface area contributed by atoms with Crippen LogP contribution in [0.3, 0.4) is 0 Å². The number of amides is 1. The lowest BCUT2D eigenvalue weighted by molar-refractivity contribution is -0.134. The van der Waals surface area contributed by atoms with Crippen LogP contribution in [-0.2, 0) is 11.3 Å². The molecule has 5 nitrogen and oxygen atoms in total. The van der Waals surface area contributed by atoms with Gasteiger partial charge in [-0.1, -0.05) is 12.1 Å². The van der Waals surface area contributed by atoms with Gasteiger partial charge >= 0.3 is 0 Å². The number of hydrogen-bond acceptors (Lipinski definition) is 3. The third-order valence-corrected chi connectivity index (χ3v) is 5.39. The number of carbonyl (C=O) groups excluding carboxylic acids is 1. The molecule has 0 spiro atoms. The normalized spacial score (nSPS) is 20.2. The van der Waals surface area contributed by atoms with Gasteiger partial charge in [-0.15, -0.1) is 0 Å². The molecule has 0 radical (unpaired) electrons. The van der Waals surface area contributed by atoms with Crippen LogP contribution in [0, 0.1) is 12.8 Å². The molecule has 1 saturated heterocycles. The summed E-state index contributed by atoms with van der Waals surface area (Å²) in [6.45, 7) is 4.77. The highest BCUT2D eigenvalue weighted by atomic mass is 16.5. The third kappa shape index (κ3) is 4.09. The van der Waals surface area contributed by atoms with Gasteiger partial charge in [0.05, 0.1) is 0 Å². The quantitative estimate of drug-likeness (QED) is 0.800. The molecule has 2 heterocycles. The highest BCUT2D eigenvalue weighted by Crippen LogP contribution is 2.33. The summed E-state index contributed by atoms with van der Waals surface area (Å²) in [7, 11) is 0. The smallest absolute Gasteiger partial charge is 0.260 e. The second-order valence-electron chi connectivity index (χ2n) is 7.67. The number of likely N-dealkylation sites (tertiary alicyclic amines) is 1. The van der Waals surface area contributed by atoms with Crippen LogP contribution in [0.4, 0.5) is 0 Å². The first-order valence-electron chi connectivity index (χ1n) is 9.67. The van der Waals surface area contributed by atoms with Crippen LogP contribution < -0.4 is 4.74 Å². The van der Waals surface area contributed by atoms with E-state index in [9.17, 15) is 4.79 Å². The van der Waals surface area contributed by atoms with Gasteiger partial charge in [-0.2, -0.15) is 0 Å². The van der Waals surface area contributed by atoms with Crippen LogP contribution in [0.25, 0.3) is 0 Å². The number of aromatic nitrogens is 2. The van der Waals surface area contributed by atoms with Gasteiger partial charge in [-0.05, 0) is 56.2 Å². The molecular weight excluding hydrogens is 326 g/mol. The van der Waals surface area contributed by atoms with Gasteiger partial charge in [-0.3, -0.25) is 4.79 Å². The standard InChI is InChI=1S/C21H27N3O2/c1-16-4-2-6-19(12-16)26-15-20(25)23-10-3-5-18(14-23)21-22-9-11-24(21)13-17-7-8-17/h2,4,6,9,11-12,17-18H,3,5,7-8,10,13-15H2,1H3. The molecule has 0 N–H and O–H groups in total. The van der Waals surface area contributed by atoms with Gasteiger partial charge in [0.1, 0.15) is 11.6 Å². The molecule has 1 unspecified atom stereocenters. The van der Waals surface area contributed by atoms with E-state index in [1.807, 2.05) is 42.3 Å². The van der Waals surface area contributed by atoms with E-state index in [4.69, 9.17) is 4.74 Å². The maximum absolute atomic E-state index is 12.6. The van der Waals surface area contributed by atoms with E-state index >= 15 is 0 Å². The molecule has 2 aromatic rings. The minimum absolute atomic E-state index is 0.0662. The summed E-state index contributed by atoms with van der Waals surface area (Å²) in [5.74, 6) is 3.13. The van der Waals surface area contributed by atoms with Gasteiger partial charge < -0.3 is 14.2 Å². The van der Waals surface area contributed by atoms with Gasteiger partial charge in [0.2, 0.25) is 0 Å². The predicted octanol–water partition coefficient (Wildman–Crippen LogP) is 3.39. The van der Waals surface area contributed by atoms with E-state index in [0.717, 1.165) is 55.5 Å². The number of ether oxygens (including phenoxy) is 1. The van der Waals surface area contributed by atoms with Crippen molar-refractivity contribution >= 4 is 5.91 Å². The zero-order valence-corrected chi connectivity index (χ0v) is 15.4. The fourth-order valence-electron chi connectivity index (χ4n) is 3.77. The molecular formula is C21H27N3O2. The van der Waals surface area contributed by atoms with Crippen LogP contribution in [0.2, 0.25) is 0 Å². The Kier molecular flexibility index (Phi) is 4.96. The predicted molar refractivity (Wildman–Crippen MR) is 100 cm³/mol. The van der Waals surface area contributed by atoms with Crippen molar-refractivity contribution in [2.75, 3.05) is 19.7 Å². The first-order valence-corrected chi connectivity index (χ1v) is 9.67. The Hall–Kier alpha value is -2.30. The number of aryl methyl sites for hydroxylation is 1. The zero-order valence-electron chi connectivity index (χ0n) is 15.4. The Balaban J connectivity index is 1.35. The molecule has 1 atom stereocenters. The second-order valence-corrected chi connectivity index (χ2v) is 7.67. The lowest BCUT2D eigenvalue weighted by Gasteiger charge is -2.32. The number of rotatable bonds is 6. The minimum Gasteiger partial charge on any atom is -0.484 e. The Morgan fingerprint density at radius 1 is 1.31 bits per heavy atom. The lowest BCUT2D eigenvalue weighted by atomic mass is 9.97. The van der Waals surface area contributed by atoms with Crippen LogP contribution in [0.15, 0.2) is 36.7 Å². The molecule has 1 amide bonds. The van der Waals surface area contributed by atoms with Crippen molar-refractivity contribution in [3.05, 3.63) is 48.0 Å². The molecule has 0 bridgehead atoms. The molecule has 4 rings (SSSR count). The van der Waals surface area contributed by atoms with Crippen LogP contribution in [0.5, 0.6) is 5.75 Å². The van der Waals surface area contributed by atoms with E-state index in [2.05, 4.69) is 15.7 Å². The van der Waals surface area contributed by atoms with Crippen molar-refractivity contribution in [2.45, 2.75) is 45.1 Å². The number of benzene rings is 1. The molecule has 1 aliphatic carbocycles. The van der Waals surface area contributed by atoms with Gasteiger partial charge in [0.15, 0.2) is 6.61 Å². The van der Waals surface area contributed by atoms with E-state index in [1.165, 1.54) is 12.8 Å². The number of carbonyl (C=O) groups is 1. The monoisotopic (exact) mass is 353 g/mol. The Bertz CT molecular complexity index is 766. The molecule has 138 valence electrons. The molecule has 26 heavy (non-hydrogen) atoms. The first-order chi connectivity index (χ1) is 12.7. The summed E-state index contributed by atoms with van der Waals surface area (Å²) in [4.78, 5) is 19.2. The van der Waals surface area contributed by atoms with Crippen molar-refractivity contribution in [2.24, 2.45) is 5.92 Å². The maximum atomic E-state index is 12.6. The number of imidazole rings is 1. The van der Waals surface area contributed by atoms with Crippen LogP contribution in [0.1, 0.15) is 43.0 Å². The fourth-order valence-corrected chi connectivity index (χ4v) is 3.77. The Morgan fingerprint density at radius 2 is 2.19 bits per heavy atom. The maximum Gasteiger partial charge on any atom is 0.260 e. The van der Waals surface area contributed by atoms with E-state index < -0.39 is 0 Å². The summed E-state index contributed by atoms with van der Waals surface area (Å²) >= 11 is 0. The molecule has 1 aliphatic heterocycles. The summed E-state index contributed by atoms with van der Waals surface area (Å²) in [6, 6.07) is 7.83. The largest absolute Gasteiger partial charge is 0.484 e. The molecule has 1 aromatic carbocycles. The minimum atomic E-state index is 0.0662. The topological polar surface area (TPSA) is 47.4 Å². The SMILES string of the molecule is Cc1cccc(OCC(=O)N2CCCC(c3nccn3CC3CC3)C2)c1. The van der Waals surface area contributed by atoms with E-state index in [0.29, 0.717) is 5.92 Å². The lowest BCUT2D eigenvalue weighted by Crippen LogP contribution is -2.42. The second kappa shape index (κ2) is 7.52. The summed E-state index contributed by atoms with van der Waals surface area (Å²) < 4.78 is 8.01. The van der Waals surface area contributed by atoms with Crippen LogP contribution in [-0.4, -0.2) is 40.1 Å². The highest BCUT2D eigenvalue weighted by Gasteiger charge is 2.29. The van der Waals surface area contributed by atoms with Gasteiger partial charge in [-0.25, -0.2) is 4.98 Å². The van der Waals surface area contributed by atoms with Crippen molar-refractivity contribution in [1.82, 2.24) is 14.5 Å². The molecule has 1 aromatic heterocycles. The molecule has 2 aliphatic rings. The Morgan fingerprint density at radius 3 is 3.00 bits per heavy atom. The number of nitrogens with zero attached hydrogens (tertiary/aromatic N) is 3. The fraction of sp³-hybridized carbons (Fsp3) is 0.524. The first kappa shape index (κ1) is 17.1. The van der Waals surface area contributed by atoms with Crippen LogP contribution >= 0.6 is 0 Å². The number of hydrogen-bond donors (Lipinski definition) is 0. The van der Waals surface area contributed by atoms with Crippen molar-refractivity contribution < 1.29 is 9.53 Å². The summed E-state index contributed by atoms with van der Waals surface area (Å²) in [5.41, 5.74) is 1.13. The highest BCUT2D eigenvalue weighted by molar-refractivity contribution is 5.78. The van der Waals surface area contributed by atoms with Gasteiger partial charge in [0.25, 0.3) is 5.91 Å². The molecule has 1 saturated carbocycles. The van der Waals surface area contributed by atoms with Crippen molar-refractivity contribution in [3.63, 3.8) is 0 Å². The number of piperidine rings is 1. The zero-order chi connectivity index (χ0) is 17.9. The summed E-state index contributed by atoms with van der Waals surface area (Å²) in [5, 5.41) is 0.